The van der Waals surface area contributed by atoms with E-state index in [1.54, 1.807) is 12.1 Å². The van der Waals surface area contributed by atoms with E-state index in [-0.39, 0.29) is 11.7 Å². The Labute approximate surface area is 126 Å². The largest absolute Gasteiger partial charge is 0.277 e. The van der Waals surface area contributed by atoms with Gasteiger partial charge in [-0.25, -0.2) is 5.01 Å². The number of hydrazone groups is 1. The molecule has 22 heavy (non-hydrogen) atoms. The molecule has 1 unspecified atom stereocenters. The molecule has 0 saturated carbocycles. The summed E-state index contributed by atoms with van der Waals surface area (Å²) < 4.78 is 0. The number of hydrogen-bond donors (Lipinski definition) is 0. The van der Waals surface area contributed by atoms with E-state index >= 15 is 0 Å². The van der Waals surface area contributed by atoms with Crippen LogP contribution in [0, 0.1) is 10.1 Å². The van der Waals surface area contributed by atoms with Crippen molar-refractivity contribution in [3.05, 3.63) is 75.8 Å². The lowest BCUT2D eigenvalue weighted by Gasteiger charge is -2.17. The van der Waals surface area contributed by atoms with Gasteiger partial charge in [0.05, 0.1) is 16.7 Å². The molecule has 0 bridgehead atoms. The zero-order chi connectivity index (χ0) is 15.5. The lowest BCUT2D eigenvalue weighted by atomic mass is 9.98. The molecule has 3 rings (SSSR count). The first-order chi connectivity index (χ1) is 10.7. The van der Waals surface area contributed by atoms with Crippen LogP contribution in [-0.4, -0.2) is 22.1 Å². The number of carbonyl (C=O) groups excluding carboxylic acids is 1. The van der Waals surface area contributed by atoms with Crippen molar-refractivity contribution in [1.29, 1.82) is 0 Å². The minimum atomic E-state index is -0.443. The number of hydrogen-bond acceptors (Lipinski definition) is 4. The number of nitro groups is 1. The maximum absolute atomic E-state index is 11.3. The SMILES string of the molecule is O=CN1N=C(c2ccccc2)CC1c1ccc([N+](=O)[O-])cc1. The number of non-ortho nitro benzene ring substituents is 1. The molecule has 0 N–H and O–H groups in total. The summed E-state index contributed by atoms with van der Waals surface area (Å²) in [6.07, 6.45) is 1.27. The van der Waals surface area contributed by atoms with Gasteiger partial charge in [-0.05, 0) is 11.1 Å². The van der Waals surface area contributed by atoms with Crippen LogP contribution in [0.25, 0.3) is 0 Å². The first kappa shape index (κ1) is 13.9. The van der Waals surface area contributed by atoms with E-state index in [0.717, 1.165) is 16.8 Å². The second-order valence-electron chi connectivity index (χ2n) is 4.97. The van der Waals surface area contributed by atoms with Crippen molar-refractivity contribution < 1.29 is 9.72 Å². The monoisotopic (exact) mass is 295 g/mol. The summed E-state index contributed by atoms with van der Waals surface area (Å²) in [6, 6.07) is 15.6. The third-order valence-electron chi connectivity index (χ3n) is 3.65. The van der Waals surface area contributed by atoms with Gasteiger partial charge in [-0.15, -0.1) is 0 Å². The number of rotatable bonds is 4. The van der Waals surface area contributed by atoms with Gasteiger partial charge in [0.1, 0.15) is 0 Å². The summed E-state index contributed by atoms with van der Waals surface area (Å²) in [4.78, 5) is 21.5. The third kappa shape index (κ3) is 2.58. The molecule has 110 valence electrons. The number of amides is 1. The van der Waals surface area contributed by atoms with E-state index in [0.29, 0.717) is 12.8 Å². The van der Waals surface area contributed by atoms with Crippen molar-refractivity contribution in [1.82, 2.24) is 5.01 Å². The highest BCUT2D eigenvalue weighted by Gasteiger charge is 2.28. The average Bonchev–Trinajstić information content (AvgIpc) is 3.00. The fourth-order valence-corrected chi connectivity index (χ4v) is 2.52. The highest BCUT2D eigenvalue weighted by molar-refractivity contribution is 6.02. The summed E-state index contributed by atoms with van der Waals surface area (Å²) in [5, 5.41) is 16.4. The van der Waals surface area contributed by atoms with E-state index in [2.05, 4.69) is 5.10 Å². The van der Waals surface area contributed by atoms with Gasteiger partial charge in [0.25, 0.3) is 5.69 Å². The highest BCUT2D eigenvalue weighted by atomic mass is 16.6. The Morgan fingerprint density at radius 1 is 1.14 bits per heavy atom. The van der Waals surface area contributed by atoms with E-state index in [1.807, 2.05) is 30.3 Å². The number of nitrogens with zero attached hydrogens (tertiary/aromatic N) is 3. The number of benzene rings is 2. The van der Waals surface area contributed by atoms with Gasteiger partial charge in [0.15, 0.2) is 0 Å². The van der Waals surface area contributed by atoms with Crippen LogP contribution in [0.2, 0.25) is 0 Å². The maximum Gasteiger partial charge on any atom is 0.269 e. The number of carbonyl (C=O) groups is 1. The maximum atomic E-state index is 11.3. The Bertz CT molecular complexity index is 726. The Balaban J connectivity index is 1.86. The minimum Gasteiger partial charge on any atom is -0.277 e. The van der Waals surface area contributed by atoms with Gasteiger partial charge in [0.2, 0.25) is 6.41 Å². The van der Waals surface area contributed by atoms with E-state index in [9.17, 15) is 14.9 Å². The average molecular weight is 295 g/mol. The van der Waals surface area contributed by atoms with Crippen molar-refractivity contribution in [2.24, 2.45) is 5.10 Å². The first-order valence-electron chi connectivity index (χ1n) is 6.80. The first-order valence-corrected chi connectivity index (χ1v) is 6.80. The van der Waals surface area contributed by atoms with Crippen LogP contribution in [0.5, 0.6) is 0 Å². The molecule has 1 atom stereocenters. The van der Waals surface area contributed by atoms with Gasteiger partial charge >= 0.3 is 0 Å². The Morgan fingerprint density at radius 3 is 2.41 bits per heavy atom. The van der Waals surface area contributed by atoms with E-state index < -0.39 is 4.92 Å². The van der Waals surface area contributed by atoms with Crippen molar-refractivity contribution in [2.45, 2.75) is 12.5 Å². The predicted molar refractivity (Wildman–Crippen MR) is 81.3 cm³/mol. The van der Waals surface area contributed by atoms with Crippen LogP contribution < -0.4 is 0 Å². The molecular formula is C16H13N3O3. The normalized spacial score (nSPS) is 17.2. The smallest absolute Gasteiger partial charge is 0.269 e. The molecule has 1 heterocycles. The molecule has 0 spiro atoms. The zero-order valence-corrected chi connectivity index (χ0v) is 11.6. The Morgan fingerprint density at radius 2 is 1.82 bits per heavy atom. The predicted octanol–water partition coefficient (Wildman–Crippen LogP) is 2.90. The molecule has 0 aliphatic carbocycles. The van der Waals surface area contributed by atoms with Crippen LogP contribution in [0.3, 0.4) is 0 Å². The molecular weight excluding hydrogens is 282 g/mol. The summed E-state index contributed by atoms with van der Waals surface area (Å²) in [5.74, 6) is 0. The summed E-state index contributed by atoms with van der Waals surface area (Å²) >= 11 is 0. The number of nitro benzene ring substituents is 1. The van der Waals surface area contributed by atoms with E-state index in [1.165, 1.54) is 17.1 Å². The molecule has 6 nitrogen and oxygen atoms in total. The summed E-state index contributed by atoms with van der Waals surface area (Å²) in [5.41, 5.74) is 2.66. The zero-order valence-electron chi connectivity index (χ0n) is 11.6. The summed E-state index contributed by atoms with van der Waals surface area (Å²) in [7, 11) is 0. The van der Waals surface area contributed by atoms with Gasteiger partial charge in [-0.2, -0.15) is 5.10 Å². The standard InChI is InChI=1S/C16H13N3O3/c20-11-18-16(13-6-8-14(9-7-13)19(21)22)10-15(17-18)12-4-2-1-3-5-12/h1-9,11,16H,10H2. The fourth-order valence-electron chi connectivity index (χ4n) is 2.52. The second-order valence-corrected chi connectivity index (χ2v) is 4.97. The fraction of sp³-hybridized carbons (Fsp3) is 0.125. The quantitative estimate of drug-likeness (QED) is 0.494. The van der Waals surface area contributed by atoms with E-state index in [4.69, 9.17) is 0 Å². The molecule has 6 heteroatoms. The summed E-state index contributed by atoms with van der Waals surface area (Å²) in [6.45, 7) is 0. The van der Waals surface area contributed by atoms with Gasteiger partial charge in [-0.1, -0.05) is 42.5 Å². The van der Waals surface area contributed by atoms with Gasteiger partial charge in [0, 0.05) is 18.6 Å². The lowest BCUT2D eigenvalue weighted by Crippen LogP contribution is -2.17. The molecule has 2 aromatic carbocycles. The molecule has 0 aromatic heterocycles. The van der Waals surface area contributed by atoms with Crippen LogP contribution in [0.4, 0.5) is 5.69 Å². The molecule has 1 aliphatic heterocycles. The minimum absolute atomic E-state index is 0.0311. The van der Waals surface area contributed by atoms with Gasteiger partial charge in [-0.3, -0.25) is 14.9 Å². The highest BCUT2D eigenvalue weighted by Crippen LogP contribution is 2.32. The van der Waals surface area contributed by atoms with Crippen LogP contribution in [0.1, 0.15) is 23.6 Å². The van der Waals surface area contributed by atoms with Crippen molar-refractivity contribution in [3.8, 4) is 0 Å². The Kier molecular flexibility index (Phi) is 3.65. The molecule has 0 fully saturated rings. The molecule has 0 saturated heterocycles. The molecule has 2 aromatic rings. The van der Waals surface area contributed by atoms with Crippen molar-refractivity contribution in [2.75, 3.05) is 0 Å². The molecule has 1 amide bonds. The second kappa shape index (κ2) is 5.77. The Hall–Kier alpha value is -3.02. The van der Waals surface area contributed by atoms with Crippen molar-refractivity contribution >= 4 is 17.8 Å². The van der Waals surface area contributed by atoms with Gasteiger partial charge < -0.3 is 0 Å². The third-order valence-corrected chi connectivity index (χ3v) is 3.65. The van der Waals surface area contributed by atoms with Crippen LogP contribution >= 0.6 is 0 Å². The topological polar surface area (TPSA) is 75.8 Å². The molecule has 0 radical (unpaired) electrons. The van der Waals surface area contributed by atoms with Crippen LogP contribution in [-0.2, 0) is 4.79 Å². The lowest BCUT2D eigenvalue weighted by molar-refractivity contribution is -0.384. The molecule has 1 aliphatic rings. The van der Waals surface area contributed by atoms with Crippen LogP contribution in [0.15, 0.2) is 59.7 Å². The van der Waals surface area contributed by atoms with Crippen molar-refractivity contribution in [3.63, 3.8) is 0 Å².